The second-order valence-corrected chi connectivity index (χ2v) is 8.44. The minimum atomic E-state index is -2.62. The maximum atomic E-state index is 12.9. The van der Waals surface area contributed by atoms with E-state index in [1.807, 2.05) is 0 Å². The first-order valence-electron chi connectivity index (χ1n) is 9.40. The molecule has 1 aromatic heterocycles. The van der Waals surface area contributed by atoms with Crippen molar-refractivity contribution in [3.63, 3.8) is 0 Å². The first-order valence-corrected chi connectivity index (χ1v) is 10.2. The molecule has 4 rings (SSSR count). The second kappa shape index (κ2) is 7.70. The molecule has 0 bridgehead atoms. The number of benzene rings is 1. The fourth-order valence-electron chi connectivity index (χ4n) is 3.87. The van der Waals surface area contributed by atoms with Crippen molar-refractivity contribution < 1.29 is 18.4 Å². The van der Waals surface area contributed by atoms with Crippen molar-refractivity contribution in [2.75, 3.05) is 13.1 Å². The number of urea groups is 1. The summed E-state index contributed by atoms with van der Waals surface area (Å²) in [5.74, 6) is -3.51. The van der Waals surface area contributed by atoms with Crippen LogP contribution in [0.2, 0.25) is 10.0 Å². The molecule has 160 valence electrons. The number of aromatic nitrogens is 2. The highest BCUT2D eigenvalue weighted by Gasteiger charge is 2.45. The van der Waals surface area contributed by atoms with Crippen LogP contribution in [0.25, 0.3) is 11.3 Å². The number of carbonyl (C=O) groups excluding carboxylic acids is 2. The molecule has 2 aliphatic rings. The lowest BCUT2D eigenvalue weighted by Crippen LogP contribution is -2.48. The van der Waals surface area contributed by atoms with Crippen molar-refractivity contribution in [3.8, 4) is 11.3 Å². The number of fused-ring (bicyclic) bond motifs is 1. The Hall–Kier alpha value is -2.39. The molecular weight excluding hydrogens is 439 g/mol. The third kappa shape index (κ3) is 3.96. The van der Waals surface area contributed by atoms with E-state index in [1.54, 1.807) is 22.9 Å². The number of hydrogen-bond acceptors (Lipinski definition) is 3. The molecule has 1 fully saturated rings. The molecule has 3 N–H and O–H groups in total. The number of rotatable bonds is 4. The zero-order valence-electron chi connectivity index (χ0n) is 15.8. The normalized spacial score (nSPS) is 17.9. The molecule has 3 amide bonds. The molecule has 1 aliphatic heterocycles. The van der Waals surface area contributed by atoms with Crippen molar-refractivity contribution in [1.29, 1.82) is 0 Å². The number of carbonyl (C=O) groups is 2. The molecule has 7 nitrogen and oxygen atoms in total. The monoisotopic (exact) mass is 457 g/mol. The van der Waals surface area contributed by atoms with Crippen LogP contribution in [0.15, 0.2) is 18.2 Å². The van der Waals surface area contributed by atoms with Gasteiger partial charge in [0.2, 0.25) is 5.92 Å². The standard InChI is InChI=1S/C19H19Cl2F2N5O2/c20-12-2-1-11(5-13(12)21)16-15(17(24)29)14-9-27(3-4-28(14)26-16)18(30)25-8-10-6-19(22,23)7-10/h1-2,5,10H,3-4,6-9H2,(H2,24,29)(H,25,30). The summed E-state index contributed by atoms with van der Waals surface area (Å²) >= 11 is 12.1. The average Bonchev–Trinajstić information content (AvgIpc) is 3.05. The van der Waals surface area contributed by atoms with Gasteiger partial charge in [0.05, 0.1) is 34.4 Å². The van der Waals surface area contributed by atoms with Crippen LogP contribution in [-0.4, -0.2) is 45.6 Å². The number of alkyl halides is 2. The van der Waals surface area contributed by atoms with Crippen LogP contribution >= 0.6 is 23.2 Å². The van der Waals surface area contributed by atoms with E-state index in [-0.39, 0.29) is 43.4 Å². The van der Waals surface area contributed by atoms with Crippen LogP contribution in [0.4, 0.5) is 13.6 Å². The van der Waals surface area contributed by atoms with E-state index in [9.17, 15) is 18.4 Å². The summed E-state index contributed by atoms with van der Waals surface area (Å²) in [7, 11) is 0. The van der Waals surface area contributed by atoms with E-state index in [4.69, 9.17) is 28.9 Å². The van der Waals surface area contributed by atoms with Gasteiger partial charge in [-0.3, -0.25) is 9.48 Å². The quantitative estimate of drug-likeness (QED) is 0.735. The smallest absolute Gasteiger partial charge is 0.317 e. The van der Waals surface area contributed by atoms with Gasteiger partial charge in [-0.25, -0.2) is 13.6 Å². The van der Waals surface area contributed by atoms with E-state index in [2.05, 4.69) is 10.4 Å². The molecule has 2 heterocycles. The van der Waals surface area contributed by atoms with Crippen molar-refractivity contribution in [2.45, 2.75) is 31.9 Å². The number of hydrogen-bond donors (Lipinski definition) is 2. The molecule has 0 spiro atoms. The van der Waals surface area contributed by atoms with Crippen molar-refractivity contribution >= 4 is 35.1 Å². The van der Waals surface area contributed by atoms with Crippen molar-refractivity contribution in [2.24, 2.45) is 11.7 Å². The van der Waals surface area contributed by atoms with Crippen LogP contribution in [0.1, 0.15) is 28.9 Å². The molecular formula is C19H19Cl2F2N5O2. The summed E-state index contributed by atoms with van der Waals surface area (Å²) in [6.45, 7) is 1.05. The first-order chi connectivity index (χ1) is 14.1. The molecule has 11 heteroatoms. The highest BCUT2D eigenvalue weighted by atomic mass is 35.5. The topological polar surface area (TPSA) is 93.2 Å². The van der Waals surface area contributed by atoms with Crippen LogP contribution < -0.4 is 11.1 Å². The predicted octanol–water partition coefficient (Wildman–Crippen LogP) is 3.53. The number of primary amides is 1. The number of nitrogens with two attached hydrogens (primary N) is 1. The zero-order valence-corrected chi connectivity index (χ0v) is 17.3. The van der Waals surface area contributed by atoms with Gasteiger partial charge in [0.1, 0.15) is 5.69 Å². The van der Waals surface area contributed by atoms with E-state index < -0.39 is 11.8 Å². The average molecular weight is 458 g/mol. The molecule has 0 atom stereocenters. The maximum absolute atomic E-state index is 12.9. The Morgan fingerprint density at radius 1 is 1.23 bits per heavy atom. The maximum Gasteiger partial charge on any atom is 0.317 e. The molecule has 1 aliphatic carbocycles. The van der Waals surface area contributed by atoms with Gasteiger partial charge in [-0.2, -0.15) is 5.10 Å². The largest absolute Gasteiger partial charge is 0.365 e. The Kier molecular flexibility index (Phi) is 5.36. The predicted molar refractivity (Wildman–Crippen MR) is 108 cm³/mol. The minimum Gasteiger partial charge on any atom is -0.365 e. The lowest BCUT2D eigenvalue weighted by molar-refractivity contribution is -0.108. The van der Waals surface area contributed by atoms with E-state index in [1.165, 1.54) is 4.90 Å². The summed E-state index contributed by atoms with van der Waals surface area (Å²) in [5.41, 5.74) is 7.30. The van der Waals surface area contributed by atoms with Gasteiger partial charge < -0.3 is 16.0 Å². The molecule has 0 radical (unpaired) electrons. The van der Waals surface area contributed by atoms with E-state index in [0.717, 1.165) is 0 Å². The van der Waals surface area contributed by atoms with Crippen LogP contribution in [0.3, 0.4) is 0 Å². The summed E-state index contributed by atoms with van der Waals surface area (Å²) < 4.78 is 27.5. The van der Waals surface area contributed by atoms with Gasteiger partial charge in [0.25, 0.3) is 5.91 Å². The Morgan fingerprint density at radius 3 is 2.60 bits per heavy atom. The van der Waals surface area contributed by atoms with Crippen molar-refractivity contribution in [3.05, 3.63) is 39.5 Å². The van der Waals surface area contributed by atoms with Gasteiger partial charge in [-0.15, -0.1) is 0 Å². The van der Waals surface area contributed by atoms with Gasteiger partial charge in [-0.1, -0.05) is 29.3 Å². The van der Waals surface area contributed by atoms with Crippen LogP contribution in [0.5, 0.6) is 0 Å². The molecule has 1 aromatic carbocycles. The number of amides is 3. The summed E-state index contributed by atoms with van der Waals surface area (Å²) in [5, 5.41) is 7.88. The highest BCUT2D eigenvalue weighted by Crippen LogP contribution is 2.41. The molecule has 2 aromatic rings. The van der Waals surface area contributed by atoms with E-state index >= 15 is 0 Å². The molecule has 0 saturated heterocycles. The lowest BCUT2D eigenvalue weighted by Gasteiger charge is -2.35. The van der Waals surface area contributed by atoms with Gasteiger partial charge in [0, 0.05) is 31.5 Å². The SMILES string of the molecule is NC(=O)c1c(-c2ccc(Cl)c(Cl)c2)nn2c1CN(C(=O)NCC1CC(F)(F)C1)CC2. The third-order valence-electron chi connectivity index (χ3n) is 5.42. The Morgan fingerprint density at radius 2 is 1.97 bits per heavy atom. The number of nitrogens with zero attached hydrogens (tertiary/aromatic N) is 3. The highest BCUT2D eigenvalue weighted by molar-refractivity contribution is 6.42. The Bertz CT molecular complexity index is 1020. The lowest BCUT2D eigenvalue weighted by atomic mass is 9.81. The van der Waals surface area contributed by atoms with Crippen molar-refractivity contribution in [1.82, 2.24) is 20.0 Å². The summed E-state index contributed by atoms with van der Waals surface area (Å²) in [6.07, 6.45) is -0.419. The van der Waals surface area contributed by atoms with Gasteiger partial charge in [0.15, 0.2) is 0 Å². The minimum absolute atomic E-state index is 0.124. The van der Waals surface area contributed by atoms with Gasteiger partial charge >= 0.3 is 6.03 Å². The van der Waals surface area contributed by atoms with Gasteiger partial charge in [-0.05, 0) is 18.1 Å². The number of nitrogens with one attached hydrogen (secondary N) is 1. The zero-order chi connectivity index (χ0) is 21.6. The van der Waals surface area contributed by atoms with E-state index in [0.29, 0.717) is 40.1 Å². The number of halogens is 4. The van der Waals surface area contributed by atoms with Crippen LogP contribution in [0, 0.1) is 5.92 Å². The Labute approximate surface area is 181 Å². The first kappa shape index (κ1) is 20.9. The molecule has 0 unspecified atom stereocenters. The van der Waals surface area contributed by atoms with Crippen LogP contribution in [-0.2, 0) is 13.1 Å². The summed E-state index contributed by atoms with van der Waals surface area (Å²) in [4.78, 5) is 26.2. The molecule has 30 heavy (non-hydrogen) atoms. The summed E-state index contributed by atoms with van der Waals surface area (Å²) in [6, 6.07) is 4.52. The third-order valence-corrected chi connectivity index (χ3v) is 6.16. The fraction of sp³-hybridized carbons (Fsp3) is 0.421. The molecule has 1 saturated carbocycles. The fourth-order valence-corrected chi connectivity index (χ4v) is 4.17. The second-order valence-electron chi connectivity index (χ2n) is 7.62. The Balaban J connectivity index is 1.52.